The van der Waals surface area contributed by atoms with E-state index >= 15 is 0 Å². The highest BCUT2D eigenvalue weighted by Gasteiger charge is 2.27. The van der Waals surface area contributed by atoms with Crippen LogP contribution in [0.15, 0.2) is 24.4 Å². The molecule has 23 heavy (non-hydrogen) atoms. The number of amides is 1. The number of hydrogen-bond acceptors (Lipinski definition) is 4. The average Bonchev–Trinajstić information content (AvgIpc) is 2.49. The lowest BCUT2D eigenvalue weighted by Crippen LogP contribution is -2.33. The van der Waals surface area contributed by atoms with Gasteiger partial charge in [-0.3, -0.25) is 4.98 Å². The zero-order valence-corrected chi connectivity index (χ0v) is 14.8. The van der Waals surface area contributed by atoms with Gasteiger partial charge in [0.15, 0.2) is 0 Å². The molecule has 1 rings (SSSR count). The smallest absolute Gasteiger partial charge is 0.407 e. The number of ether oxygens (including phenoxy) is 1. The molecular weight excluding hydrogens is 292 g/mol. The molecule has 0 radical (unpaired) electrons. The Morgan fingerprint density at radius 2 is 2.00 bits per heavy atom. The van der Waals surface area contributed by atoms with Crippen molar-refractivity contribution in [2.75, 3.05) is 6.54 Å². The number of unbranched alkanes of at least 4 members (excludes halogenated alkanes) is 2. The van der Waals surface area contributed by atoms with E-state index in [1.54, 1.807) is 6.20 Å². The van der Waals surface area contributed by atoms with Gasteiger partial charge < -0.3 is 15.2 Å². The molecule has 0 fully saturated rings. The van der Waals surface area contributed by atoms with Gasteiger partial charge in [0, 0.05) is 12.7 Å². The first kappa shape index (κ1) is 19.4. The highest BCUT2D eigenvalue weighted by molar-refractivity contribution is 5.67. The molecule has 5 heteroatoms. The Morgan fingerprint density at radius 3 is 2.57 bits per heavy atom. The van der Waals surface area contributed by atoms with Gasteiger partial charge in [-0.05, 0) is 52.2 Å². The van der Waals surface area contributed by atoms with Crippen molar-refractivity contribution in [1.29, 1.82) is 0 Å². The van der Waals surface area contributed by atoms with Gasteiger partial charge in [0.2, 0.25) is 0 Å². The first-order chi connectivity index (χ1) is 10.8. The highest BCUT2D eigenvalue weighted by Crippen LogP contribution is 2.29. The molecule has 1 heterocycles. The van der Waals surface area contributed by atoms with E-state index in [0.29, 0.717) is 19.4 Å². The summed E-state index contributed by atoms with van der Waals surface area (Å²) in [6, 6.07) is 5.61. The van der Waals surface area contributed by atoms with Crippen molar-refractivity contribution in [2.24, 2.45) is 0 Å². The molecule has 1 unspecified atom stereocenters. The second-order valence-electron chi connectivity index (χ2n) is 6.84. The summed E-state index contributed by atoms with van der Waals surface area (Å²) in [7, 11) is 0. The van der Waals surface area contributed by atoms with Crippen LogP contribution in [0.1, 0.15) is 65.5 Å². The van der Waals surface area contributed by atoms with Gasteiger partial charge >= 0.3 is 6.09 Å². The van der Waals surface area contributed by atoms with Crippen LogP contribution < -0.4 is 5.32 Å². The van der Waals surface area contributed by atoms with E-state index < -0.39 is 11.2 Å². The lowest BCUT2D eigenvalue weighted by atomic mass is 9.89. The van der Waals surface area contributed by atoms with Crippen molar-refractivity contribution in [1.82, 2.24) is 10.3 Å². The molecule has 0 spiro atoms. The first-order valence-corrected chi connectivity index (χ1v) is 8.37. The maximum atomic E-state index is 11.5. The number of carbonyl (C=O) groups excluding carboxylic acids is 1. The molecule has 1 aromatic rings. The first-order valence-electron chi connectivity index (χ1n) is 8.37. The second-order valence-corrected chi connectivity index (χ2v) is 6.84. The summed E-state index contributed by atoms with van der Waals surface area (Å²) in [5.41, 5.74) is -0.598. The minimum absolute atomic E-state index is 0.379. The third-order valence-corrected chi connectivity index (χ3v) is 3.66. The monoisotopic (exact) mass is 322 g/mol. The molecule has 130 valence electrons. The summed E-state index contributed by atoms with van der Waals surface area (Å²) < 4.78 is 5.18. The molecule has 0 bridgehead atoms. The zero-order valence-electron chi connectivity index (χ0n) is 14.8. The van der Waals surface area contributed by atoms with E-state index in [4.69, 9.17) is 4.74 Å². The van der Waals surface area contributed by atoms with Crippen molar-refractivity contribution in [3.05, 3.63) is 30.1 Å². The topological polar surface area (TPSA) is 71.5 Å². The third-order valence-electron chi connectivity index (χ3n) is 3.66. The average molecular weight is 322 g/mol. The number of nitrogens with one attached hydrogen (secondary N) is 1. The van der Waals surface area contributed by atoms with E-state index in [2.05, 4.69) is 10.3 Å². The molecule has 0 aliphatic carbocycles. The number of aromatic nitrogens is 1. The Labute approximate surface area is 139 Å². The Hall–Kier alpha value is -1.62. The van der Waals surface area contributed by atoms with E-state index in [0.717, 1.165) is 25.0 Å². The lowest BCUT2D eigenvalue weighted by Gasteiger charge is -2.26. The maximum Gasteiger partial charge on any atom is 0.407 e. The van der Waals surface area contributed by atoms with E-state index in [-0.39, 0.29) is 6.09 Å². The van der Waals surface area contributed by atoms with Crippen LogP contribution in [0.25, 0.3) is 0 Å². The van der Waals surface area contributed by atoms with Crippen LogP contribution in [0.5, 0.6) is 0 Å². The van der Waals surface area contributed by atoms with Crippen LogP contribution in [0.3, 0.4) is 0 Å². The molecule has 1 atom stereocenters. The second kappa shape index (κ2) is 8.87. The van der Waals surface area contributed by atoms with Gasteiger partial charge in [-0.1, -0.05) is 25.8 Å². The lowest BCUT2D eigenvalue weighted by molar-refractivity contribution is 0.0163. The van der Waals surface area contributed by atoms with Crippen molar-refractivity contribution < 1.29 is 14.6 Å². The SMILES string of the molecule is CCC(O)(CCCCCNC(=O)OC(C)(C)C)c1ccccn1. The Balaban J connectivity index is 2.25. The van der Waals surface area contributed by atoms with Crippen LogP contribution in [0.4, 0.5) is 4.79 Å². The number of alkyl carbamates (subject to hydrolysis) is 1. The Kier molecular flexibility index (Phi) is 7.49. The van der Waals surface area contributed by atoms with Crippen LogP contribution in [0, 0.1) is 0 Å². The van der Waals surface area contributed by atoms with Gasteiger partial charge in [-0.2, -0.15) is 0 Å². The maximum absolute atomic E-state index is 11.5. The summed E-state index contributed by atoms with van der Waals surface area (Å²) in [6.07, 6.45) is 5.33. The minimum Gasteiger partial charge on any atom is -0.444 e. The van der Waals surface area contributed by atoms with Gasteiger partial charge in [0.25, 0.3) is 0 Å². The quantitative estimate of drug-likeness (QED) is 0.715. The number of nitrogens with zero attached hydrogens (tertiary/aromatic N) is 1. The van der Waals surface area contributed by atoms with Crippen molar-refractivity contribution in [2.45, 2.75) is 71.0 Å². The van der Waals surface area contributed by atoms with E-state index in [9.17, 15) is 9.90 Å². The van der Waals surface area contributed by atoms with Gasteiger partial charge in [-0.25, -0.2) is 4.79 Å². The fraction of sp³-hybridized carbons (Fsp3) is 0.667. The highest BCUT2D eigenvalue weighted by atomic mass is 16.6. The molecule has 1 aromatic heterocycles. The molecule has 0 saturated heterocycles. The van der Waals surface area contributed by atoms with Gasteiger partial charge in [0.1, 0.15) is 11.2 Å². The largest absolute Gasteiger partial charge is 0.444 e. The molecular formula is C18H30N2O3. The summed E-state index contributed by atoms with van der Waals surface area (Å²) in [6.45, 7) is 8.09. The summed E-state index contributed by atoms with van der Waals surface area (Å²) in [5.74, 6) is 0. The number of aliphatic hydroxyl groups is 1. The van der Waals surface area contributed by atoms with Crippen LogP contribution in [-0.4, -0.2) is 28.3 Å². The summed E-state index contributed by atoms with van der Waals surface area (Å²) in [5, 5.41) is 13.5. The Morgan fingerprint density at radius 1 is 1.26 bits per heavy atom. The van der Waals surface area contributed by atoms with E-state index in [1.807, 2.05) is 45.9 Å². The molecule has 5 nitrogen and oxygen atoms in total. The predicted molar refractivity (Wildman–Crippen MR) is 91.1 cm³/mol. The van der Waals surface area contributed by atoms with Crippen LogP contribution in [0.2, 0.25) is 0 Å². The van der Waals surface area contributed by atoms with Crippen molar-refractivity contribution in [3.63, 3.8) is 0 Å². The molecule has 0 aliphatic rings. The minimum atomic E-state index is -0.861. The Bertz CT molecular complexity index is 471. The molecule has 0 aliphatic heterocycles. The van der Waals surface area contributed by atoms with Crippen molar-refractivity contribution >= 4 is 6.09 Å². The number of hydrogen-bond donors (Lipinski definition) is 2. The molecule has 2 N–H and O–H groups in total. The number of rotatable bonds is 8. The van der Waals surface area contributed by atoms with Gasteiger partial charge in [-0.15, -0.1) is 0 Å². The van der Waals surface area contributed by atoms with E-state index in [1.165, 1.54) is 0 Å². The third kappa shape index (κ3) is 7.46. The fourth-order valence-corrected chi connectivity index (χ4v) is 2.35. The predicted octanol–water partition coefficient (Wildman–Crippen LogP) is 3.76. The fourth-order valence-electron chi connectivity index (χ4n) is 2.35. The molecule has 0 aromatic carbocycles. The standard InChI is InChI=1S/C18H30N2O3/c1-5-18(22,15-11-7-10-13-19-15)12-8-6-9-14-20-16(21)23-17(2,3)4/h7,10-11,13,22H,5-6,8-9,12,14H2,1-4H3,(H,20,21). The van der Waals surface area contributed by atoms with Crippen molar-refractivity contribution in [3.8, 4) is 0 Å². The summed E-state index contributed by atoms with van der Waals surface area (Å²) in [4.78, 5) is 15.8. The van der Waals surface area contributed by atoms with Gasteiger partial charge in [0.05, 0.1) is 5.69 Å². The molecule has 0 saturated carbocycles. The normalized spacial score (nSPS) is 14.1. The number of pyridine rings is 1. The zero-order chi connectivity index (χ0) is 17.3. The number of carbonyl (C=O) groups is 1. The van der Waals surface area contributed by atoms with Crippen LogP contribution >= 0.6 is 0 Å². The van der Waals surface area contributed by atoms with Crippen LogP contribution in [-0.2, 0) is 10.3 Å². The summed E-state index contributed by atoms with van der Waals surface area (Å²) >= 11 is 0. The molecule has 1 amide bonds.